The van der Waals surface area contributed by atoms with Crippen LogP contribution < -0.4 is 5.32 Å². The molecule has 2 atom stereocenters. The van der Waals surface area contributed by atoms with Crippen molar-refractivity contribution < 1.29 is 15.3 Å². The van der Waals surface area contributed by atoms with E-state index in [9.17, 15) is 5.11 Å². The number of aliphatic hydroxyl groups excluding tert-OH is 3. The smallest absolute Gasteiger partial charge is 0.108 e. The Morgan fingerprint density at radius 2 is 1.93 bits per heavy atom. The topological polar surface area (TPSA) is 79.2 Å². The molecule has 6 nitrogen and oxygen atoms in total. The Hall–Kier alpha value is -0.500. The van der Waals surface area contributed by atoms with Gasteiger partial charge in [-0.3, -0.25) is 4.90 Å². The first kappa shape index (κ1) is 24.5. The van der Waals surface area contributed by atoms with Crippen molar-refractivity contribution in [3.63, 3.8) is 0 Å². The van der Waals surface area contributed by atoms with E-state index in [1.165, 1.54) is 5.57 Å². The molecule has 4 N–H and O–H groups in total. The predicted octanol–water partition coefficient (Wildman–Crippen LogP) is 1.42. The Labute approximate surface area is 166 Å². The van der Waals surface area contributed by atoms with Crippen molar-refractivity contribution in [3.8, 4) is 0 Å². The van der Waals surface area contributed by atoms with E-state index in [1.54, 1.807) is 0 Å². The third-order valence-electron chi connectivity index (χ3n) is 5.46. The van der Waals surface area contributed by atoms with E-state index in [0.29, 0.717) is 5.92 Å². The summed E-state index contributed by atoms with van der Waals surface area (Å²) in [6.45, 7) is 8.28. The lowest BCUT2D eigenvalue weighted by molar-refractivity contribution is -0.00215. The molecule has 0 heterocycles. The Morgan fingerprint density at radius 3 is 2.63 bits per heavy atom. The largest absolute Gasteiger partial charge is 0.396 e. The zero-order chi connectivity index (χ0) is 19.9. The maximum Gasteiger partial charge on any atom is 0.108 e. The zero-order valence-corrected chi connectivity index (χ0v) is 17.6. The number of nitrogens with one attached hydrogen (secondary N) is 1. The fourth-order valence-corrected chi connectivity index (χ4v) is 3.31. The Morgan fingerprint density at radius 1 is 1.11 bits per heavy atom. The molecule has 1 saturated carbocycles. The van der Waals surface area contributed by atoms with Crippen molar-refractivity contribution in [3.05, 3.63) is 11.6 Å². The summed E-state index contributed by atoms with van der Waals surface area (Å²) in [5.41, 5.74) is 1.47. The summed E-state index contributed by atoms with van der Waals surface area (Å²) in [4.78, 5) is 4.45. The molecule has 0 spiro atoms. The number of hydrogen-bond donors (Lipinski definition) is 4. The van der Waals surface area contributed by atoms with Crippen molar-refractivity contribution in [2.24, 2.45) is 5.92 Å². The van der Waals surface area contributed by atoms with Crippen LogP contribution in [0.3, 0.4) is 0 Å². The first-order valence-electron chi connectivity index (χ1n) is 10.8. The molecule has 0 aromatic carbocycles. The van der Waals surface area contributed by atoms with Gasteiger partial charge in [0.1, 0.15) is 6.23 Å². The molecule has 0 radical (unpaired) electrons. The SMILES string of the molecule is CCN(C)CCNCC[C@H](O)N(CC/C=C1\CC1CCO)CCCCCO. The lowest BCUT2D eigenvalue weighted by Crippen LogP contribution is -2.39. The van der Waals surface area contributed by atoms with Gasteiger partial charge in [-0.15, -0.1) is 0 Å². The highest BCUT2D eigenvalue weighted by Crippen LogP contribution is 2.40. The Bertz CT molecular complexity index is 393. The number of nitrogens with zero attached hydrogens (tertiary/aromatic N) is 2. The minimum atomic E-state index is -0.415. The van der Waals surface area contributed by atoms with Crippen molar-refractivity contribution in [1.29, 1.82) is 0 Å². The molecule has 0 saturated heterocycles. The second-order valence-corrected chi connectivity index (χ2v) is 7.72. The lowest BCUT2D eigenvalue weighted by Gasteiger charge is -2.28. The Kier molecular flexibility index (Phi) is 14.0. The van der Waals surface area contributed by atoms with E-state index in [-0.39, 0.29) is 13.2 Å². The number of unbranched alkanes of at least 4 members (excludes halogenated alkanes) is 2. The van der Waals surface area contributed by atoms with Crippen LogP contribution >= 0.6 is 0 Å². The van der Waals surface area contributed by atoms with E-state index >= 15 is 0 Å². The highest BCUT2D eigenvalue weighted by molar-refractivity contribution is 5.23. The molecule has 1 aliphatic carbocycles. The average Bonchev–Trinajstić information content (AvgIpc) is 3.41. The number of aliphatic hydroxyl groups is 3. The van der Waals surface area contributed by atoms with Gasteiger partial charge in [0, 0.05) is 39.4 Å². The van der Waals surface area contributed by atoms with Crippen LogP contribution in [0.15, 0.2) is 11.6 Å². The minimum absolute atomic E-state index is 0.247. The molecule has 0 aromatic heterocycles. The molecule has 1 fully saturated rings. The third-order valence-corrected chi connectivity index (χ3v) is 5.46. The van der Waals surface area contributed by atoms with Gasteiger partial charge >= 0.3 is 0 Å². The maximum atomic E-state index is 10.6. The molecule has 160 valence electrons. The third kappa shape index (κ3) is 11.8. The van der Waals surface area contributed by atoms with Gasteiger partial charge in [0.25, 0.3) is 0 Å². The summed E-state index contributed by atoms with van der Waals surface area (Å²) in [6.07, 6.45) is 8.45. The van der Waals surface area contributed by atoms with Gasteiger partial charge in [0.15, 0.2) is 0 Å². The van der Waals surface area contributed by atoms with E-state index in [1.807, 2.05) is 0 Å². The number of likely N-dealkylation sites (N-methyl/N-ethyl adjacent to an activating group) is 1. The molecule has 0 aliphatic heterocycles. The number of rotatable bonds is 18. The van der Waals surface area contributed by atoms with Crippen LogP contribution in [0.1, 0.15) is 51.9 Å². The van der Waals surface area contributed by atoms with Crippen LogP contribution in [0.5, 0.6) is 0 Å². The van der Waals surface area contributed by atoms with E-state index in [0.717, 1.165) is 84.2 Å². The Balaban J connectivity index is 2.29. The summed E-state index contributed by atoms with van der Waals surface area (Å²) >= 11 is 0. The van der Waals surface area contributed by atoms with Crippen LogP contribution in [-0.4, -0.2) is 90.9 Å². The molecule has 27 heavy (non-hydrogen) atoms. The van der Waals surface area contributed by atoms with Gasteiger partial charge in [0.2, 0.25) is 0 Å². The number of allylic oxidation sites excluding steroid dienone is 1. The second-order valence-electron chi connectivity index (χ2n) is 7.72. The predicted molar refractivity (Wildman–Crippen MR) is 112 cm³/mol. The summed E-state index contributed by atoms with van der Waals surface area (Å²) < 4.78 is 0. The first-order valence-corrected chi connectivity index (χ1v) is 10.8. The maximum absolute atomic E-state index is 10.6. The highest BCUT2D eigenvalue weighted by atomic mass is 16.3. The molecule has 0 aromatic rings. The zero-order valence-electron chi connectivity index (χ0n) is 17.6. The first-order chi connectivity index (χ1) is 13.1. The van der Waals surface area contributed by atoms with E-state index < -0.39 is 6.23 Å². The van der Waals surface area contributed by atoms with Crippen molar-refractivity contribution in [1.82, 2.24) is 15.1 Å². The van der Waals surface area contributed by atoms with Crippen LogP contribution in [-0.2, 0) is 0 Å². The molecular formula is C21H43N3O3. The molecular weight excluding hydrogens is 342 g/mol. The normalized spacial score (nSPS) is 19.4. The van der Waals surface area contributed by atoms with Gasteiger partial charge in [-0.2, -0.15) is 0 Å². The van der Waals surface area contributed by atoms with Crippen molar-refractivity contribution in [2.75, 3.05) is 59.5 Å². The fourth-order valence-electron chi connectivity index (χ4n) is 3.31. The fraction of sp³-hybridized carbons (Fsp3) is 0.905. The van der Waals surface area contributed by atoms with Gasteiger partial charge in [-0.1, -0.05) is 18.6 Å². The molecule has 6 heteroatoms. The van der Waals surface area contributed by atoms with Crippen LogP contribution in [0.4, 0.5) is 0 Å². The van der Waals surface area contributed by atoms with Crippen LogP contribution in [0.2, 0.25) is 0 Å². The van der Waals surface area contributed by atoms with Crippen LogP contribution in [0.25, 0.3) is 0 Å². The summed E-state index contributed by atoms with van der Waals surface area (Å²) in [5.74, 6) is 0.600. The summed E-state index contributed by atoms with van der Waals surface area (Å²) in [7, 11) is 2.12. The minimum Gasteiger partial charge on any atom is -0.396 e. The average molecular weight is 386 g/mol. The van der Waals surface area contributed by atoms with Crippen molar-refractivity contribution >= 4 is 0 Å². The molecule has 0 bridgehead atoms. The standard InChI is InChI=1S/C21H43N3O3/c1-3-23(2)15-12-22-11-9-21(27)24(13-5-4-6-16-25)14-7-8-19-18-20(19)10-17-26/h8,20-22,25-27H,3-7,9-18H2,1-2H3/b19-8+/t20?,21-/m0/s1. The second kappa shape index (κ2) is 15.4. The number of hydrogen-bond acceptors (Lipinski definition) is 6. The quantitative estimate of drug-likeness (QED) is 0.162. The monoisotopic (exact) mass is 385 g/mol. The van der Waals surface area contributed by atoms with Crippen molar-refractivity contribution in [2.45, 2.75) is 58.1 Å². The van der Waals surface area contributed by atoms with Gasteiger partial charge in [-0.25, -0.2) is 0 Å². The lowest BCUT2D eigenvalue weighted by atomic mass is 10.2. The van der Waals surface area contributed by atoms with Gasteiger partial charge in [-0.05, 0) is 71.0 Å². The molecule has 1 rings (SSSR count). The van der Waals surface area contributed by atoms with Gasteiger partial charge < -0.3 is 25.5 Å². The van der Waals surface area contributed by atoms with E-state index in [2.05, 4.69) is 35.2 Å². The van der Waals surface area contributed by atoms with E-state index in [4.69, 9.17) is 10.2 Å². The molecule has 0 amide bonds. The molecule has 1 aliphatic rings. The molecule has 1 unspecified atom stereocenters. The van der Waals surface area contributed by atoms with Crippen LogP contribution in [0, 0.1) is 5.92 Å². The summed E-state index contributed by atoms with van der Waals surface area (Å²) in [5, 5.41) is 32.0. The highest BCUT2D eigenvalue weighted by Gasteiger charge is 2.28. The van der Waals surface area contributed by atoms with Gasteiger partial charge in [0.05, 0.1) is 0 Å². The summed E-state index contributed by atoms with van der Waals surface area (Å²) in [6, 6.07) is 0.